The van der Waals surface area contributed by atoms with Crippen LogP contribution in [0.3, 0.4) is 0 Å². The number of hydrogen-bond donors (Lipinski definition) is 1. The summed E-state index contributed by atoms with van der Waals surface area (Å²) in [7, 11) is 0. The molecule has 4 rings (SSSR count). The fourth-order valence-corrected chi connectivity index (χ4v) is 4.79. The molecule has 0 saturated carbocycles. The zero-order chi connectivity index (χ0) is 22.8. The van der Waals surface area contributed by atoms with E-state index in [2.05, 4.69) is 19.2 Å². The number of rotatable bonds is 6. The van der Waals surface area contributed by atoms with Gasteiger partial charge in [0.15, 0.2) is 0 Å². The first-order chi connectivity index (χ1) is 15.3. The Morgan fingerprint density at radius 3 is 2.50 bits per heavy atom. The Balaban J connectivity index is 1.54. The molecule has 2 heterocycles. The fraction of sp³-hybridized carbons (Fsp3) is 0.423. The van der Waals surface area contributed by atoms with Crippen molar-refractivity contribution >= 4 is 23.4 Å². The van der Waals surface area contributed by atoms with Crippen molar-refractivity contribution in [1.29, 1.82) is 0 Å². The summed E-state index contributed by atoms with van der Waals surface area (Å²) in [4.78, 5) is 42.4. The van der Waals surface area contributed by atoms with E-state index in [-0.39, 0.29) is 23.8 Å². The Kier molecular flexibility index (Phi) is 6.31. The normalized spacial score (nSPS) is 18.9. The molecule has 0 bridgehead atoms. The molecule has 3 amide bonds. The van der Waals surface area contributed by atoms with Crippen molar-refractivity contribution in [2.45, 2.75) is 58.7 Å². The first-order valence-electron chi connectivity index (χ1n) is 11.5. The summed E-state index contributed by atoms with van der Waals surface area (Å²) in [6.45, 7) is 7.27. The standard InChI is InChI=1S/C26H31N3O3/c1-17(2)15-18(3)27-24(30)20-12-10-19(11-13-20)16-29-22-8-5-4-7-21(22)25(31)28-14-6-9-23(28)26(29)32/h4-5,7-8,10-13,17-18,23H,6,9,14-16H2,1-3H3,(H,27,30)/t18-,23+/m0/s1. The minimum absolute atomic E-state index is 0.0369. The number of nitrogens with zero attached hydrogens (tertiary/aromatic N) is 2. The van der Waals surface area contributed by atoms with E-state index in [9.17, 15) is 14.4 Å². The van der Waals surface area contributed by atoms with Crippen LogP contribution in [-0.2, 0) is 11.3 Å². The number of benzene rings is 2. The molecule has 6 nitrogen and oxygen atoms in total. The zero-order valence-corrected chi connectivity index (χ0v) is 19.0. The quantitative estimate of drug-likeness (QED) is 0.749. The Morgan fingerprint density at radius 2 is 1.78 bits per heavy atom. The molecule has 1 N–H and O–H groups in total. The number of nitrogens with one attached hydrogen (secondary N) is 1. The van der Waals surface area contributed by atoms with Gasteiger partial charge in [-0.3, -0.25) is 14.4 Å². The number of anilines is 1. The highest BCUT2D eigenvalue weighted by Crippen LogP contribution is 2.33. The number of para-hydroxylation sites is 1. The van der Waals surface area contributed by atoms with Crippen molar-refractivity contribution in [3.63, 3.8) is 0 Å². The van der Waals surface area contributed by atoms with E-state index >= 15 is 0 Å². The number of amides is 3. The van der Waals surface area contributed by atoms with Gasteiger partial charge in [0, 0.05) is 18.2 Å². The Morgan fingerprint density at radius 1 is 1.06 bits per heavy atom. The lowest BCUT2D eigenvalue weighted by molar-refractivity contribution is -0.122. The molecule has 2 atom stereocenters. The molecule has 168 valence electrons. The molecule has 0 aromatic heterocycles. The van der Waals surface area contributed by atoms with E-state index in [1.807, 2.05) is 37.3 Å². The molecule has 2 aliphatic rings. The van der Waals surface area contributed by atoms with Crippen LogP contribution >= 0.6 is 0 Å². The molecular formula is C26H31N3O3. The van der Waals surface area contributed by atoms with E-state index in [1.165, 1.54) is 0 Å². The smallest absolute Gasteiger partial charge is 0.256 e. The highest BCUT2D eigenvalue weighted by molar-refractivity contribution is 6.11. The van der Waals surface area contributed by atoms with Gasteiger partial charge in [-0.05, 0) is 61.9 Å². The SMILES string of the molecule is CC(C)C[C@H](C)NC(=O)c1ccc(CN2C(=O)[C@H]3CCCN3C(=O)c3ccccc32)cc1. The molecule has 0 unspecified atom stereocenters. The zero-order valence-electron chi connectivity index (χ0n) is 19.0. The van der Waals surface area contributed by atoms with Gasteiger partial charge in [-0.2, -0.15) is 0 Å². The maximum Gasteiger partial charge on any atom is 0.256 e. The Hall–Kier alpha value is -3.15. The van der Waals surface area contributed by atoms with Crippen LogP contribution in [0.1, 0.15) is 66.3 Å². The molecule has 0 radical (unpaired) electrons. The molecule has 32 heavy (non-hydrogen) atoms. The average molecular weight is 434 g/mol. The van der Waals surface area contributed by atoms with Gasteiger partial charge in [0.1, 0.15) is 6.04 Å². The van der Waals surface area contributed by atoms with Gasteiger partial charge in [0.2, 0.25) is 5.91 Å². The third-order valence-electron chi connectivity index (χ3n) is 6.25. The third kappa shape index (κ3) is 4.40. The van der Waals surface area contributed by atoms with Gasteiger partial charge in [-0.25, -0.2) is 0 Å². The Labute approximate surface area is 189 Å². The largest absolute Gasteiger partial charge is 0.350 e. The van der Waals surface area contributed by atoms with Crippen LogP contribution in [0.15, 0.2) is 48.5 Å². The fourth-order valence-electron chi connectivity index (χ4n) is 4.79. The van der Waals surface area contributed by atoms with Gasteiger partial charge in [0.25, 0.3) is 11.8 Å². The summed E-state index contributed by atoms with van der Waals surface area (Å²) in [6, 6.07) is 14.4. The molecule has 2 aliphatic heterocycles. The summed E-state index contributed by atoms with van der Waals surface area (Å²) in [5.41, 5.74) is 2.74. The topological polar surface area (TPSA) is 69.7 Å². The minimum atomic E-state index is -0.401. The van der Waals surface area contributed by atoms with Crippen LogP contribution in [0, 0.1) is 5.92 Å². The van der Waals surface area contributed by atoms with E-state index in [0.29, 0.717) is 42.2 Å². The molecule has 0 spiro atoms. The summed E-state index contributed by atoms with van der Waals surface area (Å²) in [6.07, 6.45) is 2.47. The van der Waals surface area contributed by atoms with Crippen LogP contribution in [0.2, 0.25) is 0 Å². The molecule has 6 heteroatoms. The van der Waals surface area contributed by atoms with Gasteiger partial charge in [-0.1, -0.05) is 38.1 Å². The lowest BCUT2D eigenvalue weighted by Crippen LogP contribution is -2.44. The van der Waals surface area contributed by atoms with E-state index in [1.54, 1.807) is 28.0 Å². The summed E-state index contributed by atoms with van der Waals surface area (Å²) in [5, 5.41) is 3.04. The molecule has 1 fully saturated rings. The van der Waals surface area contributed by atoms with Crippen molar-refractivity contribution in [3.8, 4) is 0 Å². The summed E-state index contributed by atoms with van der Waals surface area (Å²) >= 11 is 0. The van der Waals surface area contributed by atoms with Crippen molar-refractivity contribution in [1.82, 2.24) is 10.2 Å². The highest BCUT2D eigenvalue weighted by Gasteiger charge is 2.41. The maximum atomic E-state index is 13.4. The third-order valence-corrected chi connectivity index (χ3v) is 6.25. The summed E-state index contributed by atoms with van der Waals surface area (Å²) in [5.74, 6) is 0.323. The number of carbonyl (C=O) groups is 3. The van der Waals surface area contributed by atoms with Gasteiger partial charge in [-0.15, -0.1) is 0 Å². The first kappa shape index (κ1) is 22.1. The molecule has 1 saturated heterocycles. The first-order valence-corrected chi connectivity index (χ1v) is 11.5. The van der Waals surface area contributed by atoms with Gasteiger partial charge in [0.05, 0.1) is 17.8 Å². The van der Waals surface area contributed by atoms with Crippen LogP contribution in [-0.4, -0.2) is 41.2 Å². The monoisotopic (exact) mass is 433 g/mol. The number of hydrogen-bond acceptors (Lipinski definition) is 3. The second-order valence-corrected chi connectivity index (χ2v) is 9.30. The number of carbonyl (C=O) groups excluding carboxylic acids is 3. The highest BCUT2D eigenvalue weighted by atomic mass is 16.2. The van der Waals surface area contributed by atoms with E-state index < -0.39 is 6.04 Å². The number of fused-ring (bicyclic) bond motifs is 2. The predicted octanol–water partition coefficient (Wildman–Crippen LogP) is 4.00. The lowest BCUT2D eigenvalue weighted by atomic mass is 10.0. The van der Waals surface area contributed by atoms with Crippen LogP contribution in [0.4, 0.5) is 5.69 Å². The van der Waals surface area contributed by atoms with Gasteiger partial charge < -0.3 is 15.1 Å². The van der Waals surface area contributed by atoms with Gasteiger partial charge >= 0.3 is 0 Å². The van der Waals surface area contributed by atoms with Crippen LogP contribution in [0.25, 0.3) is 0 Å². The summed E-state index contributed by atoms with van der Waals surface area (Å²) < 4.78 is 0. The van der Waals surface area contributed by atoms with E-state index in [4.69, 9.17) is 0 Å². The maximum absolute atomic E-state index is 13.4. The molecular weight excluding hydrogens is 402 g/mol. The molecule has 2 aromatic rings. The lowest BCUT2D eigenvalue weighted by Gasteiger charge is -2.26. The van der Waals surface area contributed by atoms with Crippen molar-refractivity contribution < 1.29 is 14.4 Å². The Bertz CT molecular complexity index is 1020. The van der Waals surface area contributed by atoms with Crippen molar-refractivity contribution in [3.05, 3.63) is 65.2 Å². The van der Waals surface area contributed by atoms with Crippen molar-refractivity contribution in [2.24, 2.45) is 5.92 Å². The molecule has 2 aromatic carbocycles. The van der Waals surface area contributed by atoms with Crippen LogP contribution in [0.5, 0.6) is 0 Å². The average Bonchev–Trinajstić information content (AvgIpc) is 3.23. The minimum Gasteiger partial charge on any atom is -0.350 e. The van der Waals surface area contributed by atoms with E-state index in [0.717, 1.165) is 18.4 Å². The van der Waals surface area contributed by atoms with Crippen molar-refractivity contribution in [2.75, 3.05) is 11.4 Å². The predicted molar refractivity (Wildman–Crippen MR) is 125 cm³/mol. The second-order valence-electron chi connectivity index (χ2n) is 9.30. The second kappa shape index (κ2) is 9.15. The van der Waals surface area contributed by atoms with Crippen LogP contribution < -0.4 is 10.2 Å². The molecule has 0 aliphatic carbocycles.